The number of rotatable bonds is 6. The van der Waals surface area contributed by atoms with Crippen molar-refractivity contribution >= 4 is 17.6 Å². The molecule has 1 aliphatic rings. The molecule has 0 spiro atoms. The Kier molecular flexibility index (Phi) is 5.70. The molecule has 1 aromatic heterocycles. The van der Waals surface area contributed by atoms with Crippen molar-refractivity contribution in [3.8, 4) is 11.3 Å². The Morgan fingerprint density at radius 3 is 2.74 bits per heavy atom. The number of thioether (sulfide) groups is 1. The van der Waals surface area contributed by atoms with Gasteiger partial charge in [-0.1, -0.05) is 53.7 Å². The van der Waals surface area contributed by atoms with Gasteiger partial charge in [-0.2, -0.15) is 0 Å². The summed E-state index contributed by atoms with van der Waals surface area (Å²) < 4.78 is 0. The first-order valence-electron chi connectivity index (χ1n) is 8.25. The highest BCUT2D eigenvalue weighted by atomic mass is 32.2. The second kappa shape index (κ2) is 8.16. The lowest BCUT2D eigenvalue weighted by Gasteiger charge is -2.14. The number of hydrogen-bond donors (Lipinski definition) is 1. The average molecular weight is 325 g/mol. The van der Waals surface area contributed by atoms with E-state index in [1.807, 2.05) is 30.5 Å². The molecule has 1 aliphatic carbocycles. The molecule has 1 N–H and O–H groups in total. The van der Waals surface area contributed by atoms with E-state index in [2.05, 4.69) is 33.5 Å². The van der Waals surface area contributed by atoms with E-state index < -0.39 is 0 Å². The number of anilines is 1. The van der Waals surface area contributed by atoms with E-state index in [1.54, 1.807) is 17.3 Å². The summed E-state index contributed by atoms with van der Waals surface area (Å²) in [5.41, 5.74) is 3.69. The minimum atomic E-state index is 0.811. The Morgan fingerprint density at radius 2 is 2.00 bits per heavy atom. The van der Waals surface area contributed by atoms with Crippen LogP contribution in [-0.4, -0.2) is 22.8 Å². The molecule has 0 aliphatic heterocycles. The fourth-order valence-corrected chi connectivity index (χ4v) is 3.23. The van der Waals surface area contributed by atoms with Crippen LogP contribution in [0.1, 0.15) is 32.1 Å². The Balaban J connectivity index is 1.70. The highest BCUT2D eigenvalue weighted by Gasteiger charge is 2.07. The van der Waals surface area contributed by atoms with E-state index in [4.69, 9.17) is 0 Å². The van der Waals surface area contributed by atoms with Gasteiger partial charge in [0.25, 0.3) is 0 Å². The van der Waals surface area contributed by atoms with Crippen LogP contribution in [0.5, 0.6) is 0 Å². The van der Waals surface area contributed by atoms with Crippen molar-refractivity contribution in [3.05, 3.63) is 48.0 Å². The summed E-state index contributed by atoms with van der Waals surface area (Å²) in [5, 5.41) is 4.28. The molecule has 3 rings (SSSR count). The third kappa shape index (κ3) is 4.58. The van der Waals surface area contributed by atoms with E-state index in [-0.39, 0.29) is 0 Å². The zero-order valence-corrected chi connectivity index (χ0v) is 14.4. The van der Waals surface area contributed by atoms with Gasteiger partial charge in [0.15, 0.2) is 5.16 Å². The van der Waals surface area contributed by atoms with Crippen molar-refractivity contribution in [2.75, 3.05) is 18.1 Å². The zero-order chi connectivity index (χ0) is 15.9. The van der Waals surface area contributed by atoms with Crippen LogP contribution in [-0.2, 0) is 0 Å². The van der Waals surface area contributed by atoms with Crippen LogP contribution in [0.25, 0.3) is 11.3 Å². The minimum Gasteiger partial charge on any atom is -0.370 e. The van der Waals surface area contributed by atoms with Gasteiger partial charge in [0.05, 0.1) is 5.69 Å². The van der Waals surface area contributed by atoms with Crippen molar-refractivity contribution < 1.29 is 0 Å². The molecule has 2 aromatic rings. The minimum absolute atomic E-state index is 0.811. The van der Waals surface area contributed by atoms with Crippen LogP contribution < -0.4 is 5.32 Å². The van der Waals surface area contributed by atoms with Crippen LogP contribution in [0.2, 0.25) is 0 Å². The largest absolute Gasteiger partial charge is 0.370 e. The lowest BCUT2D eigenvalue weighted by molar-refractivity contribution is 0.679. The summed E-state index contributed by atoms with van der Waals surface area (Å²) in [4.78, 5) is 9.20. The summed E-state index contributed by atoms with van der Waals surface area (Å²) in [6.07, 6.45) is 10.7. The number of allylic oxidation sites excluding steroid dienone is 1. The highest BCUT2D eigenvalue weighted by Crippen LogP contribution is 2.23. The quantitative estimate of drug-likeness (QED) is 0.452. The maximum Gasteiger partial charge on any atom is 0.189 e. The van der Waals surface area contributed by atoms with Gasteiger partial charge in [0, 0.05) is 18.2 Å². The second-order valence-electron chi connectivity index (χ2n) is 5.78. The number of aromatic nitrogens is 2. The lowest BCUT2D eigenvalue weighted by atomic mass is 9.97. The van der Waals surface area contributed by atoms with Gasteiger partial charge in [-0.05, 0) is 38.4 Å². The maximum atomic E-state index is 4.62. The number of nitrogens with one attached hydrogen (secondary N) is 1. The van der Waals surface area contributed by atoms with Crippen molar-refractivity contribution in [1.29, 1.82) is 0 Å². The molecule has 0 saturated carbocycles. The van der Waals surface area contributed by atoms with Gasteiger partial charge in [-0.25, -0.2) is 9.97 Å². The van der Waals surface area contributed by atoms with Crippen LogP contribution in [0.3, 0.4) is 0 Å². The Bertz CT molecular complexity index is 668. The number of benzene rings is 1. The standard InChI is InChI=1S/C19H23N3S/c1-23-19-21-17(16-10-6-3-7-11-16)14-18(22-19)20-13-12-15-8-4-2-5-9-15/h3,6-8,10-11,14H,2,4-5,9,12-13H2,1H3,(H,20,21,22). The zero-order valence-electron chi connectivity index (χ0n) is 13.6. The topological polar surface area (TPSA) is 37.8 Å². The lowest BCUT2D eigenvalue weighted by Crippen LogP contribution is -2.07. The van der Waals surface area contributed by atoms with Gasteiger partial charge in [-0.3, -0.25) is 0 Å². The third-order valence-corrected chi connectivity index (χ3v) is 4.64. The molecule has 3 nitrogen and oxygen atoms in total. The SMILES string of the molecule is CSc1nc(NCCC2=CCCCC2)cc(-c2ccccc2)n1. The molecule has 1 aromatic carbocycles. The first-order valence-corrected chi connectivity index (χ1v) is 9.48. The Labute approximate surface area is 142 Å². The smallest absolute Gasteiger partial charge is 0.189 e. The highest BCUT2D eigenvalue weighted by molar-refractivity contribution is 7.98. The Hall–Kier alpha value is -1.81. The van der Waals surface area contributed by atoms with Crippen LogP contribution in [0.15, 0.2) is 53.2 Å². The van der Waals surface area contributed by atoms with Crippen molar-refractivity contribution in [3.63, 3.8) is 0 Å². The molecule has 0 unspecified atom stereocenters. The van der Waals surface area contributed by atoms with E-state index in [0.717, 1.165) is 35.2 Å². The third-order valence-electron chi connectivity index (χ3n) is 4.10. The van der Waals surface area contributed by atoms with Crippen LogP contribution >= 0.6 is 11.8 Å². The Morgan fingerprint density at radius 1 is 1.13 bits per heavy atom. The van der Waals surface area contributed by atoms with Gasteiger partial charge in [-0.15, -0.1) is 0 Å². The molecular formula is C19H23N3S. The molecule has 4 heteroatoms. The molecule has 1 heterocycles. The molecule has 23 heavy (non-hydrogen) atoms. The van der Waals surface area contributed by atoms with Gasteiger partial charge >= 0.3 is 0 Å². The molecule has 0 bridgehead atoms. The second-order valence-corrected chi connectivity index (χ2v) is 6.55. The van der Waals surface area contributed by atoms with E-state index >= 15 is 0 Å². The van der Waals surface area contributed by atoms with E-state index in [9.17, 15) is 0 Å². The van der Waals surface area contributed by atoms with E-state index in [1.165, 1.54) is 25.7 Å². The molecular weight excluding hydrogens is 302 g/mol. The van der Waals surface area contributed by atoms with Crippen molar-refractivity contribution in [2.45, 2.75) is 37.3 Å². The number of hydrogen-bond acceptors (Lipinski definition) is 4. The van der Waals surface area contributed by atoms with Gasteiger partial charge < -0.3 is 5.32 Å². The average Bonchev–Trinajstić information content (AvgIpc) is 2.63. The molecule has 0 amide bonds. The fourth-order valence-electron chi connectivity index (χ4n) is 2.85. The molecule has 0 saturated heterocycles. The summed E-state index contributed by atoms with van der Waals surface area (Å²) in [7, 11) is 0. The first kappa shape index (κ1) is 16.1. The predicted octanol–water partition coefficient (Wildman–Crippen LogP) is 5.17. The van der Waals surface area contributed by atoms with Crippen molar-refractivity contribution in [2.24, 2.45) is 0 Å². The predicted molar refractivity (Wildman–Crippen MR) is 98.9 cm³/mol. The molecule has 120 valence electrons. The van der Waals surface area contributed by atoms with Crippen molar-refractivity contribution in [1.82, 2.24) is 9.97 Å². The maximum absolute atomic E-state index is 4.62. The molecule has 0 fully saturated rings. The number of nitrogens with zero attached hydrogens (tertiary/aromatic N) is 2. The van der Waals surface area contributed by atoms with Crippen LogP contribution in [0.4, 0.5) is 5.82 Å². The summed E-state index contributed by atoms with van der Waals surface area (Å²) >= 11 is 1.58. The molecule has 0 radical (unpaired) electrons. The van der Waals surface area contributed by atoms with Gasteiger partial charge in [0.2, 0.25) is 0 Å². The first-order chi connectivity index (χ1) is 11.3. The summed E-state index contributed by atoms with van der Waals surface area (Å²) in [6, 6.07) is 12.3. The van der Waals surface area contributed by atoms with E-state index in [0.29, 0.717) is 0 Å². The van der Waals surface area contributed by atoms with Crippen LogP contribution in [0, 0.1) is 0 Å². The summed E-state index contributed by atoms with van der Waals surface area (Å²) in [5.74, 6) is 0.916. The fraction of sp³-hybridized carbons (Fsp3) is 0.368. The normalized spacial score (nSPS) is 14.4. The van der Waals surface area contributed by atoms with Gasteiger partial charge in [0.1, 0.15) is 5.82 Å². The molecule has 0 atom stereocenters. The summed E-state index contributed by atoms with van der Waals surface area (Å²) in [6.45, 7) is 0.935. The monoisotopic (exact) mass is 325 g/mol.